The standard InChI is InChI=1S/C57H70Br2N6O20/c1-30(66)78-46-45(84-52(55(72)74-7)49(81-33(4)69)47(46)79-31(2)67)44-43(61-63-62-44)29-77-24-16-12-10-14-22-57(41-25-36(58)17-19-39(41)40-20-18-37(59)26-42(40)57)21-13-9-11-15-23-76-28-38-27-60-64-65(38)54-51(83-35(6)71)48(80-32(3)68)50(82-34(5)70)53(85-54)56(73)75-8/h17-20,25-27,45-54H,9-16,21-24,28-29H2,1-8H3,(H,61,62,63)/t45-,46+,47+,48?,49-,50?,51?,52+,53?,54?/m1/s1. The Balaban J connectivity index is 0.948. The lowest BCUT2D eigenvalue weighted by Crippen LogP contribution is -2.61. The first kappa shape index (κ1) is 65.8. The summed E-state index contributed by atoms with van der Waals surface area (Å²) in [6.45, 7) is 7.41. The number of ether oxygens (including phenoxy) is 12. The molecule has 5 unspecified atom stereocenters. The number of carbonyl (C=O) groups is 8. The summed E-state index contributed by atoms with van der Waals surface area (Å²) in [5.41, 5.74) is 5.57. The van der Waals surface area contributed by atoms with E-state index < -0.39 is 109 Å². The van der Waals surface area contributed by atoms with E-state index in [9.17, 15) is 38.4 Å². The number of halogens is 2. The Morgan fingerprint density at radius 3 is 1.52 bits per heavy atom. The first-order chi connectivity index (χ1) is 40.7. The molecule has 2 saturated heterocycles. The largest absolute Gasteiger partial charge is 0.467 e. The minimum Gasteiger partial charge on any atom is -0.467 e. The number of fused-ring (bicyclic) bond motifs is 3. The van der Waals surface area contributed by atoms with Crippen LogP contribution in [0.3, 0.4) is 0 Å². The number of nitrogens with one attached hydrogen (secondary N) is 1. The van der Waals surface area contributed by atoms with Crippen molar-refractivity contribution in [2.24, 2.45) is 0 Å². The summed E-state index contributed by atoms with van der Waals surface area (Å²) in [6.07, 6.45) is -4.70. The molecule has 2 fully saturated rings. The first-order valence-electron chi connectivity index (χ1n) is 27.7. The van der Waals surface area contributed by atoms with Gasteiger partial charge in [0.05, 0.1) is 45.0 Å². The molecule has 0 spiro atoms. The summed E-state index contributed by atoms with van der Waals surface area (Å²) in [6, 6.07) is 13.0. The van der Waals surface area contributed by atoms with E-state index in [-0.39, 0.29) is 30.0 Å². The number of hydrogen-bond donors (Lipinski definition) is 1. The number of hydrogen-bond acceptors (Lipinski definition) is 24. The van der Waals surface area contributed by atoms with Gasteiger partial charge in [-0.1, -0.05) is 92.9 Å². The minimum atomic E-state index is -1.61. The quantitative estimate of drug-likeness (QED) is 0.0347. The van der Waals surface area contributed by atoms with Gasteiger partial charge in [-0.05, 0) is 72.2 Å². The van der Waals surface area contributed by atoms with Crippen molar-refractivity contribution < 1.29 is 95.2 Å². The van der Waals surface area contributed by atoms with Crippen LogP contribution >= 0.6 is 31.9 Å². The fraction of sp³-hybridized carbons (Fsp3) is 0.579. The van der Waals surface area contributed by atoms with E-state index in [1.165, 1.54) is 33.1 Å². The molecule has 1 aliphatic carbocycles. The van der Waals surface area contributed by atoms with Crippen molar-refractivity contribution >= 4 is 79.6 Å². The summed E-state index contributed by atoms with van der Waals surface area (Å²) >= 11 is 7.53. The van der Waals surface area contributed by atoms with Crippen LogP contribution in [-0.2, 0) is 114 Å². The summed E-state index contributed by atoms with van der Waals surface area (Å²) < 4.78 is 70.6. The maximum Gasteiger partial charge on any atom is 0.339 e. The van der Waals surface area contributed by atoms with Crippen LogP contribution in [0.4, 0.5) is 0 Å². The molecule has 10 atom stereocenters. The maximum absolute atomic E-state index is 13.0. The van der Waals surface area contributed by atoms with Crippen LogP contribution in [0.25, 0.3) is 11.1 Å². The van der Waals surface area contributed by atoms with Gasteiger partial charge in [-0.2, -0.15) is 0 Å². The molecule has 0 amide bonds. The molecule has 26 nitrogen and oxygen atoms in total. The second kappa shape index (κ2) is 30.6. The monoisotopic (exact) mass is 1320 g/mol. The lowest BCUT2D eigenvalue weighted by atomic mass is 9.70. The topological polar surface area (TPSA) is 320 Å². The van der Waals surface area contributed by atoms with Crippen molar-refractivity contribution in [3.05, 3.63) is 79.7 Å². The van der Waals surface area contributed by atoms with E-state index in [0.29, 0.717) is 18.9 Å². The van der Waals surface area contributed by atoms with Crippen molar-refractivity contribution in [1.82, 2.24) is 30.4 Å². The lowest BCUT2D eigenvalue weighted by molar-refractivity contribution is -0.265. The Labute approximate surface area is 506 Å². The highest BCUT2D eigenvalue weighted by atomic mass is 79.9. The van der Waals surface area contributed by atoms with Crippen LogP contribution in [-0.4, -0.2) is 154 Å². The molecule has 7 rings (SSSR count). The number of unbranched alkanes of at least 4 members (excludes halogenated alkanes) is 6. The Morgan fingerprint density at radius 2 is 1.01 bits per heavy atom. The van der Waals surface area contributed by atoms with E-state index in [2.05, 4.69) is 94.0 Å². The highest BCUT2D eigenvalue weighted by molar-refractivity contribution is 9.10. The lowest BCUT2D eigenvalue weighted by Gasteiger charge is -2.43. The zero-order valence-corrected chi connectivity index (χ0v) is 51.5. The van der Waals surface area contributed by atoms with E-state index >= 15 is 0 Å². The zero-order valence-electron chi connectivity index (χ0n) is 48.4. The summed E-state index contributed by atoms with van der Waals surface area (Å²) in [4.78, 5) is 99.9. The van der Waals surface area contributed by atoms with E-state index in [1.54, 1.807) is 0 Å². The van der Waals surface area contributed by atoms with E-state index in [1.807, 2.05) is 0 Å². The second-order valence-corrected chi connectivity index (χ2v) is 22.5. The van der Waals surface area contributed by atoms with Gasteiger partial charge in [-0.3, -0.25) is 33.9 Å². The average molecular weight is 1320 g/mol. The maximum atomic E-state index is 13.0. The molecule has 2 aliphatic heterocycles. The van der Waals surface area contributed by atoms with Gasteiger partial charge in [0.1, 0.15) is 11.8 Å². The summed E-state index contributed by atoms with van der Waals surface area (Å²) in [7, 11) is 2.22. The molecule has 85 heavy (non-hydrogen) atoms. The Morgan fingerprint density at radius 1 is 0.565 bits per heavy atom. The third-order valence-corrected chi connectivity index (χ3v) is 15.6. The van der Waals surface area contributed by atoms with Crippen LogP contribution in [0, 0.1) is 0 Å². The number of methoxy groups -OCH3 is 2. The number of H-pyrrole nitrogens is 1. The molecule has 3 aliphatic rings. The summed E-state index contributed by atoms with van der Waals surface area (Å²) in [5.74, 6) is -6.65. The van der Waals surface area contributed by atoms with Gasteiger partial charge in [0, 0.05) is 69.1 Å². The highest BCUT2D eigenvalue weighted by Crippen LogP contribution is 2.55. The van der Waals surface area contributed by atoms with Gasteiger partial charge < -0.3 is 56.8 Å². The Hall–Kier alpha value is -6.72. The number of aromatic amines is 1. The van der Waals surface area contributed by atoms with Gasteiger partial charge in [0.25, 0.3) is 0 Å². The number of nitrogens with zero attached hydrogens (tertiary/aromatic N) is 5. The normalized spacial score (nSPS) is 22.9. The predicted octanol–water partition coefficient (Wildman–Crippen LogP) is 6.80. The van der Waals surface area contributed by atoms with Crippen LogP contribution in [0.2, 0.25) is 0 Å². The SMILES string of the molecule is COC(=O)C1OC(n2nncc2COCCCCCCC2(CCCCCCOCc3nn[nH]c3[C@H]3O[C@H](C(=O)OC)[C@H](OC(C)=O)[C@@H](OC(C)=O)[C@H]3OC(C)=O)c3cc(Br)ccc3-c3ccc(Br)cc32)C(OC(C)=O)C(OC(C)=O)C1OC(C)=O. The van der Waals surface area contributed by atoms with Gasteiger partial charge in [-0.15, -0.1) is 10.2 Å². The van der Waals surface area contributed by atoms with Crippen molar-refractivity contribution in [3.63, 3.8) is 0 Å². The van der Waals surface area contributed by atoms with Gasteiger partial charge in [0.15, 0.2) is 55.1 Å². The zero-order chi connectivity index (χ0) is 61.5. The molecule has 28 heteroatoms. The van der Waals surface area contributed by atoms with Crippen LogP contribution < -0.4 is 0 Å². The molecule has 0 saturated carbocycles. The van der Waals surface area contributed by atoms with Crippen molar-refractivity contribution in [1.29, 1.82) is 0 Å². The average Bonchev–Trinajstić information content (AvgIpc) is 1.88. The molecule has 4 heterocycles. The molecule has 1 N–H and O–H groups in total. The Kier molecular flexibility index (Phi) is 23.7. The molecular formula is C57H70Br2N6O20. The van der Waals surface area contributed by atoms with Crippen molar-refractivity contribution in [3.8, 4) is 11.1 Å². The molecular weight excluding hydrogens is 1250 g/mol. The number of benzene rings is 2. The van der Waals surface area contributed by atoms with Crippen molar-refractivity contribution in [2.75, 3.05) is 27.4 Å². The van der Waals surface area contributed by atoms with Crippen LogP contribution in [0.1, 0.15) is 146 Å². The number of carbonyl (C=O) groups excluding carboxylic acids is 8. The van der Waals surface area contributed by atoms with Gasteiger partial charge in [-0.25, -0.2) is 14.3 Å². The molecule has 0 radical (unpaired) electrons. The minimum absolute atomic E-state index is 0.000745. The Bertz CT molecular complexity index is 2830. The van der Waals surface area contributed by atoms with Crippen LogP contribution in [0.5, 0.6) is 0 Å². The highest BCUT2D eigenvalue weighted by Gasteiger charge is 2.58. The molecule has 462 valence electrons. The van der Waals surface area contributed by atoms with Crippen LogP contribution in [0.15, 0.2) is 51.5 Å². The third kappa shape index (κ3) is 16.4. The molecule has 2 aromatic heterocycles. The molecule has 0 bridgehead atoms. The fourth-order valence-corrected chi connectivity index (χ4v) is 12.0. The fourth-order valence-electron chi connectivity index (χ4n) is 11.2. The number of aromatic nitrogens is 6. The predicted molar refractivity (Wildman–Crippen MR) is 299 cm³/mol. The van der Waals surface area contributed by atoms with Crippen molar-refractivity contribution in [2.45, 2.75) is 186 Å². The molecule has 2 aromatic carbocycles. The van der Waals surface area contributed by atoms with E-state index in [4.69, 9.17) is 56.8 Å². The number of esters is 8. The number of rotatable bonds is 28. The second-order valence-electron chi connectivity index (χ2n) is 20.7. The smallest absolute Gasteiger partial charge is 0.339 e. The van der Waals surface area contributed by atoms with E-state index in [0.717, 1.165) is 129 Å². The third-order valence-electron chi connectivity index (χ3n) is 14.6. The van der Waals surface area contributed by atoms with Gasteiger partial charge in [0.2, 0.25) is 0 Å². The first-order valence-corrected chi connectivity index (χ1v) is 29.3. The van der Waals surface area contributed by atoms with Gasteiger partial charge >= 0.3 is 47.8 Å². The molecule has 4 aromatic rings. The summed E-state index contributed by atoms with van der Waals surface area (Å²) in [5, 5.41) is 19.0.